The molecule has 2 aromatic carbocycles. The number of halogens is 3. The highest BCUT2D eigenvalue weighted by molar-refractivity contribution is 6.35. The van der Waals surface area contributed by atoms with E-state index in [0.29, 0.717) is 27.5 Å². The van der Waals surface area contributed by atoms with Crippen LogP contribution in [-0.2, 0) is 12.0 Å². The van der Waals surface area contributed by atoms with E-state index in [1.165, 1.54) is 18.6 Å². The Morgan fingerprint density at radius 2 is 1.89 bits per heavy atom. The van der Waals surface area contributed by atoms with E-state index in [4.69, 9.17) is 28.2 Å². The summed E-state index contributed by atoms with van der Waals surface area (Å²) in [7, 11) is 0. The lowest BCUT2D eigenvalue weighted by atomic mass is 9.74. The molecule has 194 valence electrons. The third kappa shape index (κ3) is 5.46. The molecule has 1 saturated heterocycles. The first-order valence-electron chi connectivity index (χ1n) is 13.0. The number of carbonyl (C=O) groups is 1. The number of rotatable bonds is 6. The van der Waals surface area contributed by atoms with Gasteiger partial charge in [-0.05, 0) is 67.0 Å². The molecule has 1 unspecified atom stereocenters. The van der Waals surface area contributed by atoms with Crippen LogP contribution in [0.3, 0.4) is 0 Å². The molecule has 2 heterocycles. The molecule has 1 amide bonds. The van der Waals surface area contributed by atoms with E-state index in [2.05, 4.69) is 22.1 Å². The SMILES string of the molecule is CC1CCCN(c2ncc(C(=O)NCc3ccc(Cl)cc3Cl)c(C3(c4ccc(F)cc4)CCCC3)n2)C1. The minimum Gasteiger partial charge on any atom is -0.348 e. The largest absolute Gasteiger partial charge is 0.348 e. The highest BCUT2D eigenvalue weighted by Crippen LogP contribution is 2.47. The molecule has 2 aliphatic rings. The first-order valence-corrected chi connectivity index (χ1v) is 13.7. The van der Waals surface area contributed by atoms with E-state index in [1.807, 2.05) is 12.1 Å². The Balaban J connectivity index is 1.54. The van der Waals surface area contributed by atoms with Gasteiger partial charge in [0.25, 0.3) is 5.91 Å². The molecular formula is C29H31Cl2FN4O. The van der Waals surface area contributed by atoms with Gasteiger partial charge in [0.05, 0.1) is 11.3 Å². The maximum absolute atomic E-state index is 13.9. The summed E-state index contributed by atoms with van der Waals surface area (Å²) in [5.41, 5.74) is 2.45. The van der Waals surface area contributed by atoms with Crippen LogP contribution < -0.4 is 10.2 Å². The van der Waals surface area contributed by atoms with Crippen molar-refractivity contribution in [3.8, 4) is 0 Å². The molecule has 1 atom stereocenters. The van der Waals surface area contributed by atoms with Gasteiger partial charge in [-0.1, -0.05) is 61.2 Å². The van der Waals surface area contributed by atoms with Gasteiger partial charge in [-0.2, -0.15) is 0 Å². The lowest BCUT2D eigenvalue weighted by molar-refractivity contribution is 0.0947. The van der Waals surface area contributed by atoms with E-state index >= 15 is 0 Å². The van der Waals surface area contributed by atoms with E-state index < -0.39 is 5.41 Å². The number of hydrogen-bond acceptors (Lipinski definition) is 4. The van der Waals surface area contributed by atoms with Crippen molar-refractivity contribution in [1.29, 1.82) is 0 Å². The van der Waals surface area contributed by atoms with Gasteiger partial charge in [-0.25, -0.2) is 14.4 Å². The molecule has 1 aliphatic heterocycles. The fourth-order valence-corrected chi connectivity index (χ4v) is 6.25. The van der Waals surface area contributed by atoms with Crippen LogP contribution in [0.25, 0.3) is 0 Å². The van der Waals surface area contributed by atoms with E-state index in [1.54, 1.807) is 24.4 Å². The first kappa shape index (κ1) is 25.9. The number of benzene rings is 2. The second kappa shape index (κ2) is 11.0. The molecular weight excluding hydrogens is 510 g/mol. The molecule has 1 aromatic heterocycles. The molecule has 0 spiro atoms. The van der Waals surface area contributed by atoms with E-state index in [0.717, 1.165) is 62.0 Å². The number of anilines is 1. The van der Waals surface area contributed by atoms with Crippen molar-refractivity contribution < 1.29 is 9.18 Å². The number of nitrogens with zero attached hydrogens (tertiary/aromatic N) is 3. The monoisotopic (exact) mass is 540 g/mol. The zero-order chi connectivity index (χ0) is 26.0. The molecule has 8 heteroatoms. The number of nitrogens with one attached hydrogen (secondary N) is 1. The Hall–Kier alpha value is -2.70. The molecule has 0 radical (unpaired) electrons. The predicted molar refractivity (Wildman–Crippen MR) is 146 cm³/mol. The zero-order valence-corrected chi connectivity index (χ0v) is 22.5. The van der Waals surface area contributed by atoms with Crippen LogP contribution in [-0.4, -0.2) is 29.0 Å². The van der Waals surface area contributed by atoms with Gasteiger partial charge in [0.2, 0.25) is 5.95 Å². The van der Waals surface area contributed by atoms with E-state index in [9.17, 15) is 9.18 Å². The predicted octanol–water partition coefficient (Wildman–Crippen LogP) is 6.95. The van der Waals surface area contributed by atoms with Gasteiger partial charge >= 0.3 is 0 Å². The van der Waals surface area contributed by atoms with Crippen LogP contribution >= 0.6 is 23.2 Å². The Kier molecular flexibility index (Phi) is 7.68. The van der Waals surface area contributed by atoms with Crippen molar-refractivity contribution in [3.63, 3.8) is 0 Å². The minimum absolute atomic E-state index is 0.253. The third-order valence-corrected chi connectivity index (χ3v) is 8.31. The summed E-state index contributed by atoms with van der Waals surface area (Å²) in [4.78, 5) is 25.6. The summed E-state index contributed by atoms with van der Waals surface area (Å²) in [6, 6.07) is 11.9. The number of amides is 1. The average Bonchev–Trinajstić information content (AvgIpc) is 3.39. The van der Waals surface area contributed by atoms with Gasteiger partial charge < -0.3 is 10.2 Å². The third-order valence-electron chi connectivity index (χ3n) is 7.72. The maximum atomic E-state index is 13.9. The topological polar surface area (TPSA) is 58.1 Å². The van der Waals surface area contributed by atoms with Gasteiger partial charge in [0.15, 0.2) is 0 Å². The Morgan fingerprint density at radius 1 is 1.14 bits per heavy atom. The summed E-state index contributed by atoms with van der Waals surface area (Å²) in [5, 5.41) is 4.04. The molecule has 1 saturated carbocycles. The Bertz CT molecular complexity index is 1280. The first-order chi connectivity index (χ1) is 17.9. The molecule has 1 N–H and O–H groups in total. The summed E-state index contributed by atoms with van der Waals surface area (Å²) in [6.07, 6.45) is 7.66. The number of aromatic nitrogens is 2. The molecule has 37 heavy (non-hydrogen) atoms. The summed E-state index contributed by atoms with van der Waals surface area (Å²) in [5.74, 6) is 0.686. The van der Waals surface area contributed by atoms with E-state index in [-0.39, 0.29) is 18.3 Å². The smallest absolute Gasteiger partial charge is 0.255 e. The molecule has 0 bridgehead atoms. The van der Waals surface area contributed by atoms with Crippen LogP contribution in [0.5, 0.6) is 0 Å². The Labute approximate surface area is 227 Å². The minimum atomic E-state index is -0.475. The van der Waals surface area contributed by atoms with Gasteiger partial charge in [0.1, 0.15) is 5.82 Å². The van der Waals surface area contributed by atoms with Crippen molar-refractivity contribution in [1.82, 2.24) is 15.3 Å². The number of piperidine rings is 1. The maximum Gasteiger partial charge on any atom is 0.255 e. The second-order valence-corrected chi connectivity index (χ2v) is 11.2. The summed E-state index contributed by atoms with van der Waals surface area (Å²) >= 11 is 12.4. The molecule has 1 aliphatic carbocycles. The van der Waals surface area contributed by atoms with Crippen LogP contribution in [0.15, 0.2) is 48.7 Å². The van der Waals surface area contributed by atoms with Crippen LogP contribution in [0.4, 0.5) is 10.3 Å². The molecule has 5 rings (SSSR count). The van der Waals surface area contributed by atoms with Crippen molar-refractivity contribution >= 4 is 35.1 Å². The lowest BCUT2D eigenvalue weighted by Crippen LogP contribution is -2.37. The average molecular weight is 541 g/mol. The standard InChI is InChI=1S/C29H31Cl2FN4O/c1-19-5-4-14-36(18-19)28-34-17-24(27(37)33-16-20-6-9-22(30)15-25(20)31)26(35-28)29(12-2-3-13-29)21-7-10-23(32)11-8-21/h6-11,15,17,19H,2-5,12-14,16,18H2,1H3,(H,33,37). The van der Waals surface area contributed by atoms with Crippen molar-refractivity contribution in [2.45, 2.75) is 57.4 Å². The number of hydrogen-bond donors (Lipinski definition) is 1. The second-order valence-electron chi connectivity index (χ2n) is 10.3. The summed E-state index contributed by atoms with van der Waals surface area (Å²) < 4.78 is 13.9. The quantitative estimate of drug-likeness (QED) is 0.367. The van der Waals surface area contributed by atoms with Crippen molar-refractivity contribution in [3.05, 3.63) is 86.9 Å². The highest BCUT2D eigenvalue weighted by atomic mass is 35.5. The lowest BCUT2D eigenvalue weighted by Gasteiger charge is -2.34. The summed E-state index contributed by atoms with van der Waals surface area (Å²) in [6.45, 7) is 4.29. The van der Waals surface area contributed by atoms with Crippen molar-refractivity contribution in [2.75, 3.05) is 18.0 Å². The fraction of sp³-hybridized carbons (Fsp3) is 0.414. The highest BCUT2D eigenvalue weighted by Gasteiger charge is 2.42. The van der Waals surface area contributed by atoms with Gasteiger partial charge in [-0.3, -0.25) is 4.79 Å². The molecule has 3 aromatic rings. The molecule has 5 nitrogen and oxygen atoms in total. The normalized spacial score (nSPS) is 19.1. The van der Waals surface area contributed by atoms with Crippen LogP contribution in [0.1, 0.15) is 72.6 Å². The van der Waals surface area contributed by atoms with Crippen LogP contribution in [0, 0.1) is 11.7 Å². The van der Waals surface area contributed by atoms with Crippen molar-refractivity contribution in [2.24, 2.45) is 5.92 Å². The number of carbonyl (C=O) groups excluding carboxylic acids is 1. The fourth-order valence-electron chi connectivity index (χ4n) is 5.77. The van der Waals surface area contributed by atoms with Gasteiger partial charge in [-0.15, -0.1) is 0 Å². The Morgan fingerprint density at radius 3 is 2.59 bits per heavy atom. The molecule has 2 fully saturated rings. The van der Waals surface area contributed by atoms with Gasteiger partial charge in [0, 0.05) is 41.3 Å². The van der Waals surface area contributed by atoms with Crippen LogP contribution in [0.2, 0.25) is 10.0 Å². The zero-order valence-electron chi connectivity index (χ0n) is 20.9.